The van der Waals surface area contributed by atoms with Gasteiger partial charge in [-0.2, -0.15) is 14.7 Å². The normalized spacial score (nSPS) is 11.7. The van der Waals surface area contributed by atoms with Crippen LogP contribution in [-0.4, -0.2) is 36.8 Å². The van der Waals surface area contributed by atoms with Crippen molar-refractivity contribution in [2.24, 2.45) is 12.0 Å². The highest BCUT2D eigenvalue weighted by molar-refractivity contribution is 6.67. The van der Waals surface area contributed by atoms with Crippen LogP contribution in [0.1, 0.15) is 18.2 Å². The fourth-order valence-electron chi connectivity index (χ4n) is 3.42. The number of halogens is 1. The predicted octanol–water partition coefficient (Wildman–Crippen LogP) is 4.31. The number of aryl methyl sites for hydroxylation is 3. The van der Waals surface area contributed by atoms with Gasteiger partial charge in [-0.1, -0.05) is 47.5 Å². The Hall–Kier alpha value is -3.78. The summed E-state index contributed by atoms with van der Waals surface area (Å²) in [6.45, 7) is 5.07. The van der Waals surface area contributed by atoms with Gasteiger partial charge in [-0.05, 0) is 32.0 Å². The summed E-state index contributed by atoms with van der Waals surface area (Å²) in [5.41, 5.74) is 3.68. The first kappa shape index (κ1) is 21.5. The Bertz CT molecular complexity index is 1400. The number of Topliss-reactive ketones (excluding diaryl/α,β-unsaturated/α-hetero) is 1. The number of rotatable bonds is 5. The summed E-state index contributed by atoms with van der Waals surface area (Å²) in [6, 6.07) is 14.7. The van der Waals surface area contributed by atoms with Crippen LogP contribution in [0.2, 0.25) is 5.02 Å². The van der Waals surface area contributed by atoms with Crippen LogP contribution in [0.15, 0.2) is 53.5 Å². The number of aliphatic imine (C=N–C) groups is 1. The van der Waals surface area contributed by atoms with Crippen LogP contribution in [0.5, 0.6) is 0 Å². The van der Waals surface area contributed by atoms with E-state index >= 15 is 0 Å². The Labute approximate surface area is 189 Å². The van der Waals surface area contributed by atoms with Crippen LogP contribution < -0.4 is 5.32 Å². The second kappa shape index (κ2) is 8.39. The van der Waals surface area contributed by atoms with Gasteiger partial charge < -0.3 is 5.32 Å². The average Bonchev–Trinajstić information content (AvgIpc) is 3.23. The topological polar surface area (TPSA) is 93.7 Å². The number of carbonyl (C=O) groups is 2. The van der Waals surface area contributed by atoms with E-state index in [9.17, 15) is 9.59 Å². The number of hydrogen-bond donors (Lipinski definition) is 1. The van der Waals surface area contributed by atoms with Gasteiger partial charge in [0.1, 0.15) is 5.69 Å². The fourth-order valence-corrected chi connectivity index (χ4v) is 3.60. The quantitative estimate of drug-likeness (QED) is 0.363. The molecule has 0 saturated carbocycles. The van der Waals surface area contributed by atoms with E-state index in [1.54, 1.807) is 47.4 Å². The van der Waals surface area contributed by atoms with Crippen molar-refractivity contribution < 1.29 is 9.59 Å². The van der Waals surface area contributed by atoms with Gasteiger partial charge in [-0.3, -0.25) is 9.59 Å². The van der Waals surface area contributed by atoms with E-state index in [1.807, 2.05) is 31.2 Å². The molecule has 2 aromatic carbocycles. The minimum Gasteiger partial charge on any atom is -0.319 e. The number of carbonyl (C=O) groups excluding carboxylic acids is 2. The lowest BCUT2D eigenvalue weighted by molar-refractivity contribution is -0.114. The molecule has 0 aliphatic carbocycles. The van der Waals surface area contributed by atoms with Crippen molar-refractivity contribution in [1.29, 1.82) is 0 Å². The zero-order valence-corrected chi connectivity index (χ0v) is 18.8. The molecule has 1 N–H and O–H groups in total. The molecule has 0 fully saturated rings. The van der Waals surface area contributed by atoms with Gasteiger partial charge in [0.2, 0.25) is 0 Å². The van der Waals surface area contributed by atoms with Crippen molar-refractivity contribution in [3.05, 3.63) is 64.8 Å². The van der Waals surface area contributed by atoms with Crippen LogP contribution in [0.4, 0.5) is 11.4 Å². The van der Waals surface area contributed by atoms with E-state index < -0.39 is 11.7 Å². The maximum Gasteiger partial charge on any atom is 0.278 e. The third-order valence-electron chi connectivity index (χ3n) is 4.93. The van der Waals surface area contributed by atoms with Gasteiger partial charge in [0.05, 0.1) is 16.4 Å². The number of fused-ring (bicyclic) bond motifs is 1. The highest BCUT2D eigenvalue weighted by atomic mass is 35.5. The Kier molecular flexibility index (Phi) is 5.63. The highest BCUT2D eigenvalue weighted by Gasteiger charge is 2.23. The molecule has 2 aromatic heterocycles. The molecular formula is C23H21ClN6O2. The van der Waals surface area contributed by atoms with Crippen LogP contribution in [0, 0.1) is 13.8 Å². The number of para-hydroxylation sites is 1. The molecule has 0 aliphatic rings. The minimum absolute atomic E-state index is 0.249. The van der Waals surface area contributed by atoms with E-state index in [-0.39, 0.29) is 5.71 Å². The summed E-state index contributed by atoms with van der Waals surface area (Å²) < 4.78 is 3.31. The lowest BCUT2D eigenvalue weighted by atomic mass is 10.1. The third kappa shape index (κ3) is 3.92. The van der Waals surface area contributed by atoms with Gasteiger partial charge in [0, 0.05) is 19.5 Å². The number of amides is 1. The molecule has 0 radical (unpaired) electrons. The van der Waals surface area contributed by atoms with E-state index in [4.69, 9.17) is 11.6 Å². The molecule has 0 atom stereocenters. The smallest absolute Gasteiger partial charge is 0.278 e. The molecule has 0 aliphatic heterocycles. The maximum absolute atomic E-state index is 12.9. The highest BCUT2D eigenvalue weighted by Crippen LogP contribution is 2.30. The number of nitrogens with one attached hydrogen (secondary N) is 1. The molecule has 32 heavy (non-hydrogen) atoms. The number of hydrogen-bond acceptors (Lipinski definition) is 5. The van der Waals surface area contributed by atoms with Gasteiger partial charge in [0.15, 0.2) is 23.0 Å². The molecule has 9 heteroatoms. The van der Waals surface area contributed by atoms with E-state index in [0.29, 0.717) is 33.6 Å². The molecule has 1 amide bonds. The number of anilines is 1. The second-order valence-corrected chi connectivity index (χ2v) is 7.84. The van der Waals surface area contributed by atoms with Gasteiger partial charge >= 0.3 is 0 Å². The third-order valence-corrected chi connectivity index (χ3v) is 5.26. The van der Waals surface area contributed by atoms with Gasteiger partial charge in [0.25, 0.3) is 5.91 Å². The predicted molar refractivity (Wildman–Crippen MR) is 125 cm³/mol. The van der Waals surface area contributed by atoms with E-state index in [0.717, 1.165) is 11.1 Å². The van der Waals surface area contributed by atoms with E-state index in [2.05, 4.69) is 20.5 Å². The molecule has 8 nitrogen and oxygen atoms in total. The van der Waals surface area contributed by atoms with Crippen molar-refractivity contribution in [2.45, 2.75) is 20.8 Å². The van der Waals surface area contributed by atoms with Crippen LogP contribution in [0.25, 0.3) is 17.0 Å². The van der Waals surface area contributed by atoms with Gasteiger partial charge in [-0.15, -0.1) is 0 Å². The lowest BCUT2D eigenvalue weighted by Gasteiger charge is -2.07. The largest absolute Gasteiger partial charge is 0.319 e. The minimum atomic E-state index is -0.648. The number of nitrogens with zero attached hydrogens (tertiary/aromatic N) is 5. The Morgan fingerprint density at radius 2 is 1.81 bits per heavy atom. The molecule has 2 heterocycles. The van der Waals surface area contributed by atoms with Crippen molar-refractivity contribution in [3.63, 3.8) is 0 Å². The number of ketones is 1. The molecule has 0 bridgehead atoms. The number of benzene rings is 2. The first-order valence-corrected chi connectivity index (χ1v) is 10.3. The van der Waals surface area contributed by atoms with E-state index in [1.165, 1.54) is 6.92 Å². The summed E-state index contributed by atoms with van der Waals surface area (Å²) in [5.74, 6) is -0.486. The number of aromatic nitrogens is 4. The average molecular weight is 449 g/mol. The molecule has 0 saturated heterocycles. The maximum atomic E-state index is 12.9. The summed E-state index contributed by atoms with van der Waals surface area (Å²) in [4.78, 5) is 29.6. The monoisotopic (exact) mass is 448 g/mol. The van der Waals surface area contributed by atoms with Crippen LogP contribution >= 0.6 is 11.6 Å². The van der Waals surface area contributed by atoms with Gasteiger partial charge in [-0.25, -0.2) is 9.67 Å². The molecular weight excluding hydrogens is 428 g/mol. The zero-order valence-electron chi connectivity index (χ0n) is 18.0. The van der Waals surface area contributed by atoms with Crippen molar-refractivity contribution in [2.75, 3.05) is 5.32 Å². The Balaban J connectivity index is 1.81. The molecule has 0 spiro atoms. The first-order valence-electron chi connectivity index (χ1n) is 9.91. The Morgan fingerprint density at radius 3 is 2.50 bits per heavy atom. The standard InChI is InChI=1S/C23H21ClN6O2/c1-13-8-7-9-16(12-13)21-28-29(4)23-19(14(2)27-30(21)23)26-20(15(3)31)22(32)25-18-11-6-5-10-17(18)24/h5-12H,1-4H3,(H,25,32). The van der Waals surface area contributed by atoms with Crippen molar-refractivity contribution in [1.82, 2.24) is 19.4 Å². The Morgan fingerprint density at radius 1 is 1.06 bits per heavy atom. The molecule has 162 valence electrons. The SMILES string of the molecule is CC(=O)C(=Nc1c(C)nn2c(-c3cccc(C)c3)nn(C)c12)C(=O)Nc1ccccc1Cl. The fraction of sp³-hybridized carbons (Fsp3) is 0.174. The second-order valence-electron chi connectivity index (χ2n) is 7.44. The lowest BCUT2D eigenvalue weighted by Crippen LogP contribution is -2.28. The summed E-state index contributed by atoms with van der Waals surface area (Å²) in [7, 11) is 1.77. The van der Waals surface area contributed by atoms with Crippen molar-refractivity contribution >= 4 is 46.0 Å². The summed E-state index contributed by atoms with van der Waals surface area (Å²) in [6.07, 6.45) is 0. The summed E-state index contributed by atoms with van der Waals surface area (Å²) >= 11 is 6.13. The molecule has 4 rings (SSSR count). The van der Waals surface area contributed by atoms with Crippen molar-refractivity contribution in [3.8, 4) is 11.4 Å². The first-order chi connectivity index (χ1) is 15.3. The molecule has 4 aromatic rings. The summed E-state index contributed by atoms with van der Waals surface area (Å²) in [5, 5.41) is 12.2. The van der Waals surface area contributed by atoms with Crippen LogP contribution in [0.3, 0.4) is 0 Å². The molecule has 0 unspecified atom stereocenters. The zero-order chi connectivity index (χ0) is 23.0. The van der Waals surface area contributed by atoms with Crippen LogP contribution in [-0.2, 0) is 16.6 Å².